The Kier molecular flexibility index (Phi) is 7.43. The Morgan fingerprint density at radius 3 is 2.10 bits per heavy atom. The average molecular weight is 569 g/mol. The molecule has 2 aromatic heterocycles. The third kappa shape index (κ3) is 5.40. The van der Waals surface area contributed by atoms with Crippen LogP contribution in [0.1, 0.15) is 12.8 Å². The summed E-state index contributed by atoms with van der Waals surface area (Å²) in [4.78, 5) is 20.9. The van der Waals surface area contributed by atoms with E-state index in [0.29, 0.717) is 34.0 Å². The van der Waals surface area contributed by atoms with E-state index in [0.717, 1.165) is 65.0 Å². The van der Waals surface area contributed by atoms with Gasteiger partial charge in [-0.2, -0.15) is 0 Å². The van der Waals surface area contributed by atoms with Gasteiger partial charge in [0.15, 0.2) is 11.5 Å². The lowest BCUT2D eigenvalue weighted by Gasteiger charge is -2.19. The van der Waals surface area contributed by atoms with E-state index in [1.54, 1.807) is 21.3 Å². The highest BCUT2D eigenvalue weighted by molar-refractivity contribution is 6.31. The van der Waals surface area contributed by atoms with Crippen molar-refractivity contribution in [3.63, 3.8) is 0 Å². The van der Waals surface area contributed by atoms with Crippen molar-refractivity contribution >= 4 is 40.0 Å². The summed E-state index contributed by atoms with van der Waals surface area (Å²) in [6.07, 6.45) is 3.77. The number of methoxy groups -OCH3 is 3. The van der Waals surface area contributed by atoms with E-state index in [-0.39, 0.29) is 0 Å². The monoisotopic (exact) mass is 568 g/mol. The molecular formula is C31H29ClN6O3. The Bertz CT molecular complexity index is 1680. The maximum atomic E-state index is 6.14. The van der Waals surface area contributed by atoms with Gasteiger partial charge >= 0.3 is 0 Å². The number of ether oxygens (including phenoxy) is 3. The second-order valence-corrected chi connectivity index (χ2v) is 10.1. The fourth-order valence-corrected chi connectivity index (χ4v) is 5.17. The van der Waals surface area contributed by atoms with Gasteiger partial charge in [0.25, 0.3) is 0 Å². The fraction of sp³-hybridized carbons (Fsp3) is 0.226. The summed E-state index contributed by atoms with van der Waals surface area (Å²) in [6, 6.07) is 19.5. The Morgan fingerprint density at radius 2 is 1.44 bits per heavy atom. The van der Waals surface area contributed by atoms with E-state index >= 15 is 0 Å². The minimum absolute atomic E-state index is 0.537. The molecular weight excluding hydrogens is 540 g/mol. The molecule has 3 heterocycles. The molecule has 0 spiro atoms. The minimum atomic E-state index is 0.537. The first kappa shape index (κ1) is 26.6. The molecule has 5 aromatic rings. The van der Waals surface area contributed by atoms with Gasteiger partial charge in [0.1, 0.15) is 12.1 Å². The van der Waals surface area contributed by atoms with Gasteiger partial charge < -0.3 is 24.4 Å². The van der Waals surface area contributed by atoms with E-state index in [2.05, 4.69) is 20.2 Å². The second-order valence-electron chi connectivity index (χ2n) is 9.63. The number of halogens is 1. The molecule has 3 aromatic carbocycles. The van der Waals surface area contributed by atoms with Crippen molar-refractivity contribution in [2.24, 2.45) is 0 Å². The summed E-state index contributed by atoms with van der Waals surface area (Å²) in [5.74, 6) is 3.09. The predicted molar refractivity (Wildman–Crippen MR) is 162 cm³/mol. The van der Waals surface area contributed by atoms with Crippen LogP contribution >= 0.6 is 11.6 Å². The number of rotatable bonds is 8. The SMILES string of the molecule is COc1cc(-c2cc(-c3ccc(Nc4ncnc5cc(Cl)ccc45)cc3)nc(N3CCCC3)n2)cc(OC)c1OC. The van der Waals surface area contributed by atoms with Crippen molar-refractivity contribution in [2.75, 3.05) is 44.6 Å². The molecule has 1 fully saturated rings. The number of nitrogens with one attached hydrogen (secondary N) is 1. The number of nitrogens with zero attached hydrogens (tertiary/aromatic N) is 5. The highest BCUT2D eigenvalue weighted by atomic mass is 35.5. The Morgan fingerprint density at radius 1 is 0.756 bits per heavy atom. The molecule has 208 valence electrons. The Hall–Kier alpha value is -4.63. The molecule has 0 amide bonds. The lowest BCUT2D eigenvalue weighted by atomic mass is 10.1. The predicted octanol–water partition coefficient (Wildman–Crippen LogP) is 6.78. The van der Waals surface area contributed by atoms with E-state index in [4.69, 9.17) is 35.8 Å². The number of fused-ring (bicyclic) bond motifs is 1. The van der Waals surface area contributed by atoms with Crippen LogP contribution in [0.2, 0.25) is 5.02 Å². The first-order valence-electron chi connectivity index (χ1n) is 13.3. The standard InChI is InChI=1S/C31H29ClN6O3/c1-39-27-14-20(15-28(40-2)29(27)41-3)25-17-24(36-31(37-25)38-12-4-5-13-38)19-6-9-22(10-7-19)35-30-23-11-8-21(32)16-26(23)33-18-34-30/h6-11,14-18H,4-5,12-13H2,1-3H3,(H,33,34,35). The van der Waals surface area contributed by atoms with Crippen LogP contribution in [0.4, 0.5) is 17.5 Å². The minimum Gasteiger partial charge on any atom is -0.493 e. The Balaban J connectivity index is 1.37. The summed E-state index contributed by atoms with van der Waals surface area (Å²) in [6.45, 7) is 1.86. The second kappa shape index (κ2) is 11.5. The molecule has 10 heteroatoms. The first-order valence-corrected chi connectivity index (χ1v) is 13.7. The maximum Gasteiger partial charge on any atom is 0.226 e. The van der Waals surface area contributed by atoms with Crippen molar-refractivity contribution in [1.82, 2.24) is 19.9 Å². The summed E-state index contributed by atoms with van der Waals surface area (Å²) in [5, 5.41) is 4.93. The van der Waals surface area contributed by atoms with E-state index in [1.165, 1.54) is 6.33 Å². The van der Waals surface area contributed by atoms with Gasteiger partial charge in [0, 0.05) is 40.3 Å². The van der Waals surface area contributed by atoms with Gasteiger partial charge in [-0.25, -0.2) is 19.9 Å². The fourth-order valence-electron chi connectivity index (χ4n) is 5.01. The Labute approximate surface area is 243 Å². The number of aromatic nitrogens is 4. The van der Waals surface area contributed by atoms with Crippen molar-refractivity contribution < 1.29 is 14.2 Å². The van der Waals surface area contributed by atoms with Crippen LogP contribution in [0, 0.1) is 0 Å². The van der Waals surface area contributed by atoms with Crippen LogP contribution in [-0.4, -0.2) is 54.4 Å². The molecule has 41 heavy (non-hydrogen) atoms. The average Bonchev–Trinajstić information content (AvgIpc) is 3.56. The van der Waals surface area contributed by atoms with Crippen LogP contribution in [0.5, 0.6) is 17.2 Å². The first-order chi connectivity index (χ1) is 20.1. The summed E-state index contributed by atoms with van der Waals surface area (Å²) in [5.41, 5.74) is 5.07. The third-order valence-electron chi connectivity index (χ3n) is 7.11. The summed E-state index contributed by atoms with van der Waals surface area (Å²) >= 11 is 6.14. The molecule has 6 rings (SSSR count). The lowest BCUT2D eigenvalue weighted by Crippen LogP contribution is -2.20. The zero-order chi connectivity index (χ0) is 28.3. The van der Waals surface area contributed by atoms with Crippen LogP contribution in [-0.2, 0) is 0 Å². The van der Waals surface area contributed by atoms with Crippen molar-refractivity contribution in [3.05, 3.63) is 72.0 Å². The quantitative estimate of drug-likeness (QED) is 0.217. The van der Waals surface area contributed by atoms with Gasteiger partial charge in [-0.3, -0.25) is 0 Å². The molecule has 0 radical (unpaired) electrons. The van der Waals surface area contributed by atoms with E-state index in [9.17, 15) is 0 Å². The maximum absolute atomic E-state index is 6.14. The molecule has 0 bridgehead atoms. The highest BCUT2D eigenvalue weighted by Crippen LogP contribution is 2.41. The number of hydrogen-bond donors (Lipinski definition) is 1. The zero-order valence-corrected chi connectivity index (χ0v) is 23.8. The largest absolute Gasteiger partial charge is 0.493 e. The lowest BCUT2D eigenvalue weighted by molar-refractivity contribution is 0.324. The highest BCUT2D eigenvalue weighted by Gasteiger charge is 2.20. The van der Waals surface area contributed by atoms with Gasteiger partial charge in [0.05, 0.1) is 38.2 Å². The number of hydrogen-bond acceptors (Lipinski definition) is 9. The van der Waals surface area contributed by atoms with Crippen LogP contribution in [0.3, 0.4) is 0 Å². The topological polar surface area (TPSA) is 94.5 Å². The summed E-state index contributed by atoms with van der Waals surface area (Å²) < 4.78 is 16.7. The zero-order valence-electron chi connectivity index (χ0n) is 23.0. The molecule has 1 aliphatic heterocycles. The van der Waals surface area contributed by atoms with Gasteiger partial charge in [-0.1, -0.05) is 23.7 Å². The van der Waals surface area contributed by atoms with Crippen LogP contribution < -0.4 is 24.4 Å². The molecule has 0 saturated carbocycles. The number of benzene rings is 3. The van der Waals surface area contributed by atoms with Crippen LogP contribution in [0.15, 0.2) is 67.0 Å². The van der Waals surface area contributed by atoms with Gasteiger partial charge in [-0.15, -0.1) is 0 Å². The molecule has 1 N–H and O–H groups in total. The molecule has 0 atom stereocenters. The summed E-state index contributed by atoms with van der Waals surface area (Å²) in [7, 11) is 4.81. The van der Waals surface area contributed by atoms with Crippen molar-refractivity contribution in [3.8, 4) is 39.8 Å². The third-order valence-corrected chi connectivity index (χ3v) is 7.34. The molecule has 1 aliphatic rings. The molecule has 1 saturated heterocycles. The molecule has 0 aliphatic carbocycles. The van der Waals surface area contributed by atoms with Crippen molar-refractivity contribution in [2.45, 2.75) is 12.8 Å². The van der Waals surface area contributed by atoms with Gasteiger partial charge in [0.2, 0.25) is 11.7 Å². The van der Waals surface area contributed by atoms with Crippen LogP contribution in [0.25, 0.3) is 33.4 Å². The van der Waals surface area contributed by atoms with E-state index < -0.39 is 0 Å². The normalized spacial score (nSPS) is 12.9. The molecule has 9 nitrogen and oxygen atoms in total. The number of anilines is 3. The van der Waals surface area contributed by atoms with E-state index in [1.807, 2.05) is 60.7 Å². The van der Waals surface area contributed by atoms with Gasteiger partial charge in [-0.05, 0) is 61.4 Å². The smallest absolute Gasteiger partial charge is 0.226 e. The molecule has 0 unspecified atom stereocenters. The van der Waals surface area contributed by atoms with Crippen molar-refractivity contribution in [1.29, 1.82) is 0 Å².